The highest BCUT2D eigenvalue weighted by atomic mass is 16.1. The topological polar surface area (TPSA) is 44.4 Å². The van der Waals surface area contributed by atoms with Gasteiger partial charge in [0.15, 0.2) is 0 Å². The molecule has 1 aliphatic rings. The standard InChI is InChI=1S/C17H29NO.C7H16N2.2C2H6/c1-5-9-13(2)14(3)15(4)17(19)18-12-16-10-7-6-8-11-16;1-4-8-6-5-7-9(2)3;2*1-2/h16H,2,5-12H2,1,3-4H3,(H,18,19);4,8H,1,5-7H2,2-3H3;2*1-2H3/b15-14+;;;. The van der Waals surface area contributed by atoms with Crippen molar-refractivity contribution in [3.63, 3.8) is 0 Å². The van der Waals surface area contributed by atoms with Gasteiger partial charge in [-0.2, -0.15) is 0 Å². The lowest BCUT2D eigenvalue weighted by molar-refractivity contribution is -0.117. The van der Waals surface area contributed by atoms with Crippen LogP contribution in [0.1, 0.15) is 99.8 Å². The van der Waals surface area contributed by atoms with E-state index in [0.29, 0.717) is 5.92 Å². The van der Waals surface area contributed by atoms with Crippen LogP contribution in [-0.4, -0.2) is 44.5 Å². The molecule has 4 nitrogen and oxygen atoms in total. The van der Waals surface area contributed by atoms with Gasteiger partial charge in [-0.1, -0.05) is 79.0 Å². The predicted molar refractivity (Wildman–Crippen MR) is 146 cm³/mol. The smallest absolute Gasteiger partial charge is 0.247 e. The average Bonchev–Trinajstić information content (AvgIpc) is 2.83. The van der Waals surface area contributed by atoms with Crippen LogP contribution in [0.25, 0.3) is 0 Å². The maximum atomic E-state index is 12.1. The van der Waals surface area contributed by atoms with Crippen LogP contribution in [0.2, 0.25) is 0 Å². The van der Waals surface area contributed by atoms with Crippen molar-refractivity contribution in [3.05, 3.63) is 36.1 Å². The van der Waals surface area contributed by atoms with Gasteiger partial charge in [-0.05, 0) is 77.9 Å². The van der Waals surface area contributed by atoms with Crippen molar-refractivity contribution in [2.24, 2.45) is 5.92 Å². The van der Waals surface area contributed by atoms with Crippen LogP contribution in [-0.2, 0) is 4.79 Å². The molecule has 2 N–H and O–H groups in total. The highest BCUT2D eigenvalue weighted by Crippen LogP contribution is 2.23. The average molecular weight is 452 g/mol. The molecule has 32 heavy (non-hydrogen) atoms. The molecular weight excluding hydrogens is 394 g/mol. The third-order valence-electron chi connectivity index (χ3n) is 5.33. The molecule has 1 rings (SSSR count). The molecule has 0 bridgehead atoms. The van der Waals surface area contributed by atoms with E-state index < -0.39 is 0 Å². The lowest BCUT2D eigenvalue weighted by Crippen LogP contribution is -2.31. The monoisotopic (exact) mass is 451 g/mol. The Kier molecular flexibility index (Phi) is 28.2. The molecule has 4 heteroatoms. The van der Waals surface area contributed by atoms with Crippen molar-refractivity contribution in [2.45, 2.75) is 99.8 Å². The summed E-state index contributed by atoms with van der Waals surface area (Å²) in [5, 5.41) is 6.13. The quantitative estimate of drug-likeness (QED) is 0.200. The van der Waals surface area contributed by atoms with Gasteiger partial charge in [0, 0.05) is 18.7 Å². The Balaban J connectivity index is -0.000000544. The minimum absolute atomic E-state index is 0.0836. The Morgan fingerprint density at radius 1 is 1.03 bits per heavy atom. The molecule has 190 valence electrons. The first kappa shape index (κ1) is 35.0. The van der Waals surface area contributed by atoms with Crippen molar-refractivity contribution < 1.29 is 4.79 Å². The fourth-order valence-corrected chi connectivity index (χ4v) is 3.29. The highest BCUT2D eigenvalue weighted by Gasteiger charge is 2.15. The molecule has 0 spiro atoms. The van der Waals surface area contributed by atoms with Crippen molar-refractivity contribution in [2.75, 3.05) is 33.7 Å². The summed E-state index contributed by atoms with van der Waals surface area (Å²) in [7, 11) is 4.15. The van der Waals surface area contributed by atoms with E-state index in [9.17, 15) is 4.79 Å². The summed E-state index contributed by atoms with van der Waals surface area (Å²) < 4.78 is 0. The third kappa shape index (κ3) is 20.4. The molecule has 0 aliphatic heterocycles. The van der Waals surface area contributed by atoms with Crippen LogP contribution < -0.4 is 10.6 Å². The number of carbonyl (C=O) groups is 1. The van der Waals surface area contributed by atoms with Gasteiger partial charge in [0.25, 0.3) is 0 Å². The number of hydrogen-bond donors (Lipinski definition) is 2. The molecule has 1 aliphatic carbocycles. The Morgan fingerprint density at radius 2 is 1.59 bits per heavy atom. The van der Waals surface area contributed by atoms with Gasteiger partial charge in [0.2, 0.25) is 5.91 Å². The van der Waals surface area contributed by atoms with Crippen LogP contribution >= 0.6 is 0 Å². The van der Waals surface area contributed by atoms with E-state index in [4.69, 9.17) is 0 Å². The van der Waals surface area contributed by atoms with E-state index in [2.05, 4.69) is 49.7 Å². The summed E-state index contributed by atoms with van der Waals surface area (Å²) >= 11 is 0. The number of amides is 1. The number of hydrogen-bond acceptors (Lipinski definition) is 3. The summed E-state index contributed by atoms with van der Waals surface area (Å²) in [5.41, 5.74) is 2.98. The predicted octanol–water partition coefficient (Wildman–Crippen LogP) is 7.10. The zero-order chi connectivity index (χ0) is 25.4. The second-order valence-electron chi connectivity index (χ2n) is 8.13. The minimum atomic E-state index is 0.0836. The zero-order valence-electron chi connectivity index (χ0n) is 23.2. The molecule has 0 atom stereocenters. The molecular formula is C28H57N3O. The van der Waals surface area contributed by atoms with Gasteiger partial charge in [0.1, 0.15) is 0 Å². The molecule has 1 saturated carbocycles. The van der Waals surface area contributed by atoms with Gasteiger partial charge < -0.3 is 15.5 Å². The zero-order valence-corrected chi connectivity index (χ0v) is 23.2. The molecule has 1 amide bonds. The number of nitrogens with zero attached hydrogens (tertiary/aromatic N) is 1. The summed E-state index contributed by atoms with van der Waals surface area (Å²) in [5.74, 6) is 0.768. The van der Waals surface area contributed by atoms with Crippen LogP contribution in [0.5, 0.6) is 0 Å². The first-order valence-corrected chi connectivity index (χ1v) is 13.0. The molecule has 0 aromatic heterocycles. The maximum Gasteiger partial charge on any atom is 0.247 e. The summed E-state index contributed by atoms with van der Waals surface area (Å²) in [6.45, 7) is 24.7. The maximum absolute atomic E-state index is 12.1. The first-order chi connectivity index (χ1) is 15.3. The van der Waals surface area contributed by atoms with Gasteiger partial charge in [-0.25, -0.2) is 0 Å². The molecule has 0 aromatic carbocycles. The largest absolute Gasteiger partial charge is 0.391 e. The first-order valence-electron chi connectivity index (χ1n) is 13.0. The fraction of sp³-hybridized carbons (Fsp3) is 0.750. The third-order valence-corrected chi connectivity index (χ3v) is 5.33. The summed E-state index contributed by atoms with van der Waals surface area (Å²) in [6, 6.07) is 0. The van der Waals surface area contributed by atoms with Crippen LogP contribution in [0, 0.1) is 5.92 Å². The second kappa shape index (κ2) is 25.7. The fourth-order valence-electron chi connectivity index (χ4n) is 3.29. The van der Waals surface area contributed by atoms with Crippen molar-refractivity contribution in [3.8, 4) is 0 Å². The molecule has 0 aromatic rings. The number of carbonyl (C=O) groups excluding carboxylic acids is 1. The van der Waals surface area contributed by atoms with E-state index in [1.165, 1.54) is 38.5 Å². The molecule has 1 fully saturated rings. The molecule has 0 heterocycles. The van der Waals surface area contributed by atoms with E-state index in [1.807, 2.05) is 41.5 Å². The minimum Gasteiger partial charge on any atom is -0.391 e. The van der Waals surface area contributed by atoms with Gasteiger partial charge in [-0.3, -0.25) is 4.79 Å². The molecule has 0 unspecified atom stereocenters. The highest BCUT2D eigenvalue weighted by molar-refractivity contribution is 5.94. The molecule has 0 radical (unpaired) electrons. The Bertz CT molecular complexity index is 489. The normalized spacial score (nSPS) is 13.7. The van der Waals surface area contributed by atoms with E-state index >= 15 is 0 Å². The lowest BCUT2D eigenvalue weighted by Gasteiger charge is -2.22. The van der Waals surface area contributed by atoms with E-state index in [0.717, 1.165) is 49.2 Å². The Hall–Kier alpha value is -1.55. The van der Waals surface area contributed by atoms with Gasteiger partial charge in [-0.15, -0.1) is 0 Å². The van der Waals surface area contributed by atoms with E-state index in [1.54, 1.807) is 6.20 Å². The number of rotatable bonds is 11. The van der Waals surface area contributed by atoms with Gasteiger partial charge >= 0.3 is 0 Å². The summed E-state index contributed by atoms with van der Waals surface area (Å²) in [6.07, 6.45) is 11.5. The van der Waals surface area contributed by atoms with Crippen LogP contribution in [0.15, 0.2) is 36.1 Å². The SMILES string of the molecule is C=C(CCC)/C(C)=C(\C)C(=O)NCC1CCCCC1.C=CNCCCN(C)C.CC.CC. The molecule has 0 saturated heterocycles. The number of nitrogens with one attached hydrogen (secondary N) is 2. The Labute approximate surface area is 202 Å². The number of allylic oxidation sites excluding steroid dienone is 2. The second-order valence-corrected chi connectivity index (χ2v) is 8.13. The summed E-state index contributed by atoms with van der Waals surface area (Å²) in [4.78, 5) is 14.3. The van der Waals surface area contributed by atoms with Crippen LogP contribution in [0.3, 0.4) is 0 Å². The lowest BCUT2D eigenvalue weighted by atomic mass is 9.89. The van der Waals surface area contributed by atoms with E-state index in [-0.39, 0.29) is 5.91 Å². The van der Waals surface area contributed by atoms with Crippen LogP contribution in [0.4, 0.5) is 0 Å². The van der Waals surface area contributed by atoms with Crippen molar-refractivity contribution in [1.82, 2.24) is 15.5 Å². The Morgan fingerprint density at radius 3 is 2.06 bits per heavy atom. The van der Waals surface area contributed by atoms with Crippen molar-refractivity contribution >= 4 is 5.91 Å². The van der Waals surface area contributed by atoms with Gasteiger partial charge in [0.05, 0.1) is 0 Å². The van der Waals surface area contributed by atoms with Crippen molar-refractivity contribution in [1.29, 1.82) is 0 Å².